The SMILES string of the molecule is CC/C=C\C/C=C\C/C=C\C/C=C\C/C=C\CCCCCC(=O)OCC(O)COP(=O)(O)OCCNC(=O)CCCCCCCCCCC/C=C\C/C=C\CCCCC. The minimum absolute atomic E-state index is 0.0706. The fourth-order valence-electron chi connectivity index (χ4n) is 5.85. The van der Waals surface area contributed by atoms with Gasteiger partial charge in [-0.1, -0.05) is 163 Å². The maximum Gasteiger partial charge on any atom is 0.472 e. The molecule has 0 aromatic carbocycles. The molecule has 10 heteroatoms. The van der Waals surface area contributed by atoms with E-state index in [1.165, 1.54) is 70.6 Å². The van der Waals surface area contributed by atoms with E-state index in [1.807, 2.05) is 0 Å². The van der Waals surface area contributed by atoms with Crippen LogP contribution in [0.2, 0.25) is 0 Å². The van der Waals surface area contributed by atoms with Gasteiger partial charge in [0, 0.05) is 19.4 Å². The van der Waals surface area contributed by atoms with Crippen molar-refractivity contribution in [3.8, 4) is 0 Å². The lowest BCUT2D eigenvalue weighted by Gasteiger charge is -2.15. The molecule has 9 nitrogen and oxygen atoms in total. The molecule has 0 bridgehead atoms. The van der Waals surface area contributed by atoms with Crippen LogP contribution >= 0.6 is 7.82 Å². The van der Waals surface area contributed by atoms with E-state index in [0.29, 0.717) is 12.8 Å². The molecule has 0 fully saturated rings. The Bertz CT molecular complexity index is 1240. The lowest BCUT2D eigenvalue weighted by molar-refractivity contribution is -0.147. The number of allylic oxidation sites excluding steroid dienone is 14. The third-order valence-corrected chi connectivity index (χ3v) is 10.3. The Hall–Kier alpha value is -2.81. The zero-order valence-corrected chi connectivity index (χ0v) is 38.1. The summed E-state index contributed by atoms with van der Waals surface area (Å²) in [5.74, 6) is -0.558. The summed E-state index contributed by atoms with van der Waals surface area (Å²) in [6.45, 7) is 3.36. The molecule has 0 spiro atoms. The van der Waals surface area contributed by atoms with Gasteiger partial charge >= 0.3 is 13.8 Å². The maximum absolute atomic E-state index is 12.1. The third kappa shape index (κ3) is 46.1. The van der Waals surface area contributed by atoms with E-state index in [0.717, 1.165) is 77.0 Å². The second-order valence-corrected chi connectivity index (χ2v) is 16.4. The molecule has 0 rings (SSSR count). The number of phosphoric acid groups is 1. The number of ether oxygens (including phenoxy) is 1. The molecular formula is C49H84NO8P. The lowest BCUT2D eigenvalue weighted by atomic mass is 10.1. The fourth-order valence-corrected chi connectivity index (χ4v) is 6.60. The number of hydrogen-bond acceptors (Lipinski definition) is 7. The Balaban J connectivity index is 3.66. The van der Waals surface area contributed by atoms with Crippen LogP contribution in [-0.4, -0.2) is 54.3 Å². The molecule has 0 radical (unpaired) electrons. The van der Waals surface area contributed by atoms with Gasteiger partial charge in [-0.2, -0.15) is 0 Å². The lowest BCUT2D eigenvalue weighted by Crippen LogP contribution is -2.27. The van der Waals surface area contributed by atoms with Crippen LogP contribution in [0.1, 0.15) is 181 Å². The van der Waals surface area contributed by atoms with Crippen molar-refractivity contribution in [2.45, 2.75) is 187 Å². The summed E-state index contributed by atoms with van der Waals surface area (Å²) in [4.78, 5) is 34.0. The standard InChI is InChI=1S/C49H84NO8P/c1-3-5-7-9-11-13-15-17-19-21-23-25-27-29-31-33-35-37-39-41-48(52)50-43-44-57-59(54,55)58-46-47(51)45-56-49(53)42-40-38-36-34-32-30-28-26-24-22-20-18-16-14-12-10-8-6-4-2/h6,8,11-14,17-20,24,26,30,32,47,51H,3-5,7,9-10,15-16,21-23,25,27-29,31,33-46H2,1-2H3,(H,50,52)(H,54,55)/b8-6-,13-11-,14-12-,19-17-,20-18-,26-24-,32-30-. The molecule has 59 heavy (non-hydrogen) atoms. The van der Waals surface area contributed by atoms with Gasteiger partial charge in [0.2, 0.25) is 5.91 Å². The van der Waals surface area contributed by atoms with E-state index in [4.69, 9.17) is 13.8 Å². The third-order valence-electron chi connectivity index (χ3n) is 9.31. The number of carbonyl (C=O) groups is 2. The summed E-state index contributed by atoms with van der Waals surface area (Å²) >= 11 is 0. The van der Waals surface area contributed by atoms with Gasteiger partial charge in [0.15, 0.2) is 0 Å². The normalized spacial score (nSPS) is 14.0. The van der Waals surface area contributed by atoms with Crippen LogP contribution in [0.4, 0.5) is 0 Å². The number of esters is 1. The number of unbranched alkanes of at least 4 members (excludes halogenated alkanes) is 15. The number of hydrogen-bond donors (Lipinski definition) is 3. The number of phosphoric ester groups is 1. The highest BCUT2D eigenvalue weighted by Gasteiger charge is 2.23. The Morgan fingerprint density at radius 2 is 0.966 bits per heavy atom. The first kappa shape index (κ1) is 56.2. The summed E-state index contributed by atoms with van der Waals surface area (Å²) in [6.07, 6.45) is 56.5. The van der Waals surface area contributed by atoms with Gasteiger partial charge in [-0.25, -0.2) is 4.57 Å². The molecule has 0 aliphatic carbocycles. The summed E-state index contributed by atoms with van der Waals surface area (Å²) in [7, 11) is -4.43. The Morgan fingerprint density at radius 1 is 0.542 bits per heavy atom. The molecule has 0 heterocycles. The predicted molar refractivity (Wildman–Crippen MR) is 247 cm³/mol. The first-order valence-corrected chi connectivity index (χ1v) is 24.6. The quantitative estimate of drug-likeness (QED) is 0.0240. The fraction of sp³-hybridized carbons (Fsp3) is 0.673. The molecule has 338 valence electrons. The van der Waals surface area contributed by atoms with Crippen molar-refractivity contribution in [1.82, 2.24) is 5.32 Å². The summed E-state index contributed by atoms with van der Waals surface area (Å²) in [6, 6.07) is 0. The number of amides is 1. The Kier molecular flexibility index (Phi) is 42.6. The Labute approximate surface area is 360 Å². The van der Waals surface area contributed by atoms with Crippen molar-refractivity contribution in [2.75, 3.05) is 26.4 Å². The van der Waals surface area contributed by atoms with Crippen LogP contribution in [0.25, 0.3) is 0 Å². The highest BCUT2D eigenvalue weighted by molar-refractivity contribution is 7.47. The molecule has 0 saturated heterocycles. The van der Waals surface area contributed by atoms with Crippen molar-refractivity contribution in [2.24, 2.45) is 0 Å². The van der Waals surface area contributed by atoms with E-state index < -0.39 is 26.5 Å². The summed E-state index contributed by atoms with van der Waals surface area (Å²) in [5.41, 5.74) is 0. The number of rotatable bonds is 42. The van der Waals surface area contributed by atoms with Gasteiger partial charge in [-0.3, -0.25) is 18.6 Å². The number of aliphatic hydroxyl groups is 1. The molecule has 0 aromatic heterocycles. The second kappa shape index (κ2) is 44.7. The van der Waals surface area contributed by atoms with Crippen molar-refractivity contribution in [1.29, 1.82) is 0 Å². The van der Waals surface area contributed by atoms with Crippen LogP contribution in [0.3, 0.4) is 0 Å². The van der Waals surface area contributed by atoms with Crippen molar-refractivity contribution < 1.29 is 37.9 Å². The average molecular weight is 846 g/mol. The molecule has 2 atom stereocenters. The molecule has 0 saturated carbocycles. The minimum atomic E-state index is -4.43. The molecule has 3 N–H and O–H groups in total. The van der Waals surface area contributed by atoms with E-state index in [9.17, 15) is 24.2 Å². The van der Waals surface area contributed by atoms with Gasteiger partial charge < -0.3 is 20.1 Å². The molecule has 1 amide bonds. The van der Waals surface area contributed by atoms with E-state index in [-0.39, 0.29) is 32.1 Å². The van der Waals surface area contributed by atoms with Crippen LogP contribution in [-0.2, 0) is 27.9 Å². The number of carbonyl (C=O) groups excluding carboxylic acids is 2. The maximum atomic E-state index is 12.1. The van der Waals surface area contributed by atoms with Gasteiger partial charge in [0.25, 0.3) is 0 Å². The molecule has 2 unspecified atom stereocenters. The van der Waals surface area contributed by atoms with Gasteiger partial charge in [0.1, 0.15) is 12.7 Å². The van der Waals surface area contributed by atoms with Gasteiger partial charge in [0.05, 0.1) is 13.2 Å². The van der Waals surface area contributed by atoms with Crippen molar-refractivity contribution >= 4 is 19.7 Å². The smallest absolute Gasteiger partial charge is 0.463 e. The highest BCUT2D eigenvalue weighted by Crippen LogP contribution is 2.42. The molecule has 0 aliphatic rings. The number of nitrogens with one attached hydrogen (secondary N) is 1. The topological polar surface area (TPSA) is 131 Å². The van der Waals surface area contributed by atoms with Gasteiger partial charge in [-0.15, -0.1) is 0 Å². The van der Waals surface area contributed by atoms with Gasteiger partial charge in [-0.05, 0) is 89.9 Å². The molecule has 0 aromatic rings. The van der Waals surface area contributed by atoms with Crippen LogP contribution in [0.15, 0.2) is 85.1 Å². The average Bonchev–Trinajstić information content (AvgIpc) is 3.22. The van der Waals surface area contributed by atoms with Crippen LogP contribution in [0, 0.1) is 0 Å². The molecule has 0 aliphatic heterocycles. The molecular weight excluding hydrogens is 762 g/mol. The van der Waals surface area contributed by atoms with Crippen LogP contribution in [0.5, 0.6) is 0 Å². The summed E-state index contributed by atoms with van der Waals surface area (Å²) in [5, 5.41) is 12.7. The minimum Gasteiger partial charge on any atom is -0.463 e. The zero-order valence-electron chi connectivity index (χ0n) is 37.2. The van der Waals surface area contributed by atoms with E-state index in [1.54, 1.807) is 0 Å². The predicted octanol–water partition coefficient (Wildman–Crippen LogP) is 13.2. The monoisotopic (exact) mass is 846 g/mol. The zero-order chi connectivity index (χ0) is 43.2. The first-order valence-electron chi connectivity index (χ1n) is 23.1. The number of aliphatic hydroxyl groups excluding tert-OH is 1. The Morgan fingerprint density at radius 3 is 1.47 bits per heavy atom. The van der Waals surface area contributed by atoms with Crippen molar-refractivity contribution in [3.63, 3.8) is 0 Å². The van der Waals surface area contributed by atoms with E-state index in [2.05, 4.69) is 104 Å². The van der Waals surface area contributed by atoms with E-state index >= 15 is 0 Å². The first-order chi connectivity index (χ1) is 28.8. The largest absolute Gasteiger partial charge is 0.472 e. The summed E-state index contributed by atoms with van der Waals surface area (Å²) < 4.78 is 26.9. The second-order valence-electron chi connectivity index (χ2n) is 15.0. The van der Waals surface area contributed by atoms with Crippen molar-refractivity contribution in [3.05, 3.63) is 85.1 Å². The van der Waals surface area contributed by atoms with Crippen LogP contribution < -0.4 is 5.32 Å². The highest BCUT2D eigenvalue weighted by atomic mass is 31.2.